The Morgan fingerprint density at radius 1 is 0.938 bits per heavy atom. The largest absolute Gasteiger partial charge is 0.337 e. The van der Waals surface area contributed by atoms with Gasteiger partial charge in [0.05, 0.1) is 0 Å². The average Bonchev–Trinajstić information content (AvgIpc) is 2.66. The molecular formula is C10H18N4S2. The van der Waals surface area contributed by atoms with Gasteiger partial charge in [0.25, 0.3) is 0 Å². The van der Waals surface area contributed by atoms with Crippen molar-refractivity contribution in [3.8, 4) is 0 Å². The van der Waals surface area contributed by atoms with Crippen molar-refractivity contribution in [1.29, 1.82) is 0 Å². The third kappa shape index (κ3) is 1.32. The number of hydrogen-bond donors (Lipinski definition) is 2. The molecule has 2 fully saturated rings. The summed E-state index contributed by atoms with van der Waals surface area (Å²) >= 11 is 10.8. The predicted molar refractivity (Wildman–Crippen MR) is 72.5 cm³/mol. The molecule has 0 amide bonds. The molecule has 6 heteroatoms. The molecule has 0 saturated carbocycles. The van der Waals surface area contributed by atoms with E-state index in [1.54, 1.807) is 0 Å². The number of hydrazine groups is 1. The summed E-state index contributed by atoms with van der Waals surface area (Å²) in [7, 11) is 0. The highest BCUT2D eigenvalue weighted by atomic mass is 32.1. The Morgan fingerprint density at radius 2 is 1.25 bits per heavy atom. The number of hydrogen-bond acceptors (Lipinski definition) is 2. The highest BCUT2D eigenvalue weighted by Gasteiger charge is 2.56. The van der Waals surface area contributed by atoms with E-state index in [0.29, 0.717) is 0 Å². The molecule has 0 bridgehead atoms. The van der Waals surface area contributed by atoms with Gasteiger partial charge in [0.2, 0.25) is 0 Å². The highest BCUT2D eigenvalue weighted by Crippen LogP contribution is 2.36. The van der Waals surface area contributed by atoms with Gasteiger partial charge in [-0.3, -0.25) is 0 Å². The van der Waals surface area contributed by atoms with E-state index in [0.717, 1.165) is 23.1 Å². The van der Waals surface area contributed by atoms with Crippen LogP contribution < -0.4 is 10.6 Å². The Hall–Kier alpha value is -0.620. The van der Waals surface area contributed by atoms with Gasteiger partial charge in [-0.05, 0) is 51.1 Å². The first-order chi connectivity index (χ1) is 7.38. The van der Waals surface area contributed by atoms with Crippen molar-refractivity contribution in [2.24, 2.45) is 0 Å². The standard InChI is InChI=1S/C10H18N4S2/c1-5-9(3)11-7(15)14-10(4,6-2)12-8(16)13(9)14/h5-6H2,1-4H3,(H,11,15)(H,12,16)/t9-,10+. The fourth-order valence-corrected chi connectivity index (χ4v) is 3.23. The van der Waals surface area contributed by atoms with E-state index in [9.17, 15) is 0 Å². The highest BCUT2D eigenvalue weighted by molar-refractivity contribution is 7.80. The molecular weight excluding hydrogens is 240 g/mol. The minimum atomic E-state index is -0.200. The SMILES string of the molecule is CC[C@@]1(C)NC(=S)N2N1C(=S)N[C@@]2(C)CC. The first kappa shape index (κ1) is 11.9. The Labute approximate surface area is 107 Å². The van der Waals surface area contributed by atoms with Gasteiger partial charge in [0.15, 0.2) is 10.2 Å². The van der Waals surface area contributed by atoms with Crippen molar-refractivity contribution in [3.63, 3.8) is 0 Å². The van der Waals surface area contributed by atoms with Crippen molar-refractivity contribution in [2.45, 2.75) is 51.9 Å². The average molecular weight is 258 g/mol. The second kappa shape index (κ2) is 3.43. The van der Waals surface area contributed by atoms with E-state index >= 15 is 0 Å². The van der Waals surface area contributed by atoms with Crippen LogP contribution in [0, 0.1) is 0 Å². The molecule has 2 saturated heterocycles. The van der Waals surface area contributed by atoms with E-state index in [1.807, 2.05) is 0 Å². The van der Waals surface area contributed by atoms with Crippen LogP contribution in [-0.4, -0.2) is 31.6 Å². The number of nitrogens with zero attached hydrogens (tertiary/aromatic N) is 2. The summed E-state index contributed by atoms with van der Waals surface area (Å²) in [6, 6.07) is 0. The first-order valence-corrected chi connectivity index (χ1v) is 6.44. The fraction of sp³-hybridized carbons (Fsp3) is 0.800. The van der Waals surface area contributed by atoms with Crippen molar-refractivity contribution in [3.05, 3.63) is 0 Å². The zero-order valence-electron chi connectivity index (χ0n) is 10.1. The van der Waals surface area contributed by atoms with E-state index < -0.39 is 0 Å². The molecule has 2 aliphatic rings. The third-order valence-electron chi connectivity index (χ3n) is 3.65. The lowest BCUT2D eigenvalue weighted by Crippen LogP contribution is -2.52. The summed E-state index contributed by atoms with van der Waals surface area (Å²) in [5, 5.41) is 12.4. The summed E-state index contributed by atoms with van der Waals surface area (Å²) in [4.78, 5) is 0. The van der Waals surface area contributed by atoms with Crippen molar-refractivity contribution in [2.75, 3.05) is 0 Å². The molecule has 2 heterocycles. The Bertz CT molecular complexity index is 325. The topological polar surface area (TPSA) is 30.5 Å². The Morgan fingerprint density at radius 3 is 1.50 bits per heavy atom. The van der Waals surface area contributed by atoms with Gasteiger partial charge in [-0.25, -0.2) is 10.0 Å². The summed E-state index contributed by atoms with van der Waals surface area (Å²) < 4.78 is 0. The Balaban J connectivity index is 2.44. The Kier molecular flexibility index (Phi) is 2.54. The molecule has 2 aliphatic heterocycles. The minimum Gasteiger partial charge on any atom is -0.337 e. The molecule has 0 radical (unpaired) electrons. The first-order valence-electron chi connectivity index (χ1n) is 5.62. The van der Waals surface area contributed by atoms with Crippen molar-refractivity contribution < 1.29 is 0 Å². The normalized spacial score (nSPS) is 37.5. The molecule has 0 aromatic carbocycles. The molecule has 90 valence electrons. The van der Waals surface area contributed by atoms with Crippen LogP contribution in [0.15, 0.2) is 0 Å². The molecule has 0 spiro atoms. The molecule has 2 rings (SSSR count). The lowest BCUT2D eigenvalue weighted by atomic mass is 10.1. The van der Waals surface area contributed by atoms with Crippen LogP contribution in [0.2, 0.25) is 0 Å². The fourth-order valence-electron chi connectivity index (χ4n) is 2.22. The van der Waals surface area contributed by atoms with E-state index in [-0.39, 0.29) is 11.3 Å². The summed E-state index contributed by atoms with van der Waals surface area (Å²) in [6.45, 7) is 8.50. The van der Waals surface area contributed by atoms with Crippen LogP contribution in [0.25, 0.3) is 0 Å². The van der Waals surface area contributed by atoms with Gasteiger partial charge in [-0.15, -0.1) is 0 Å². The van der Waals surface area contributed by atoms with E-state index in [1.165, 1.54) is 0 Å². The maximum Gasteiger partial charge on any atom is 0.192 e. The van der Waals surface area contributed by atoms with Crippen LogP contribution in [0.5, 0.6) is 0 Å². The molecule has 0 aromatic rings. The van der Waals surface area contributed by atoms with Crippen molar-refractivity contribution >= 4 is 34.7 Å². The summed E-state index contributed by atoms with van der Waals surface area (Å²) in [5.41, 5.74) is -0.401. The number of thiocarbonyl (C=S) groups is 2. The molecule has 4 nitrogen and oxygen atoms in total. The smallest absolute Gasteiger partial charge is 0.192 e. The second-order valence-electron chi connectivity index (χ2n) is 4.74. The summed E-state index contributed by atoms with van der Waals surface area (Å²) in [6.07, 6.45) is 1.87. The van der Waals surface area contributed by atoms with Crippen LogP contribution >= 0.6 is 24.4 Å². The van der Waals surface area contributed by atoms with Crippen LogP contribution in [-0.2, 0) is 0 Å². The lowest BCUT2D eigenvalue weighted by Gasteiger charge is -2.36. The quantitative estimate of drug-likeness (QED) is 0.731. The maximum absolute atomic E-state index is 5.41. The maximum atomic E-state index is 5.41. The van der Waals surface area contributed by atoms with Gasteiger partial charge in [-0.1, -0.05) is 13.8 Å². The zero-order valence-corrected chi connectivity index (χ0v) is 11.8. The number of fused-ring (bicyclic) bond motifs is 1. The molecule has 0 aliphatic carbocycles. The van der Waals surface area contributed by atoms with Gasteiger partial charge in [0.1, 0.15) is 11.3 Å². The van der Waals surface area contributed by atoms with Crippen LogP contribution in [0.1, 0.15) is 40.5 Å². The molecule has 2 atom stereocenters. The van der Waals surface area contributed by atoms with E-state index in [4.69, 9.17) is 24.4 Å². The second-order valence-corrected chi connectivity index (χ2v) is 5.51. The van der Waals surface area contributed by atoms with Crippen molar-refractivity contribution in [1.82, 2.24) is 20.7 Å². The van der Waals surface area contributed by atoms with Gasteiger partial charge < -0.3 is 10.6 Å². The molecule has 16 heavy (non-hydrogen) atoms. The summed E-state index contributed by atoms with van der Waals surface area (Å²) in [5.74, 6) is 0. The zero-order chi connectivity index (χ0) is 12.1. The number of nitrogens with one attached hydrogen (secondary N) is 2. The molecule has 0 aromatic heterocycles. The monoisotopic (exact) mass is 258 g/mol. The van der Waals surface area contributed by atoms with Crippen LogP contribution in [0.4, 0.5) is 0 Å². The lowest BCUT2D eigenvalue weighted by molar-refractivity contribution is 0.0121. The minimum absolute atomic E-state index is 0.200. The van der Waals surface area contributed by atoms with Gasteiger partial charge >= 0.3 is 0 Å². The van der Waals surface area contributed by atoms with Gasteiger partial charge in [-0.2, -0.15) is 0 Å². The van der Waals surface area contributed by atoms with Gasteiger partial charge in [0, 0.05) is 0 Å². The number of rotatable bonds is 2. The molecule has 2 N–H and O–H groups in total. The van der Waals surface area contributed by atoms with E-state index in [2.05, 4.69) is 48.3 Å². The van der Waals surface area contributed by atoms with Crippen LogP contribution in [0.3, 0.4) is 0 Å². The molecule has 0 unspecified atom stereocenters. The third-order valence-corrected chi connectivity index (χ3v) is 4.20. The predicted octanol–water partition coefficient (Wildman–Crippen LogP) is 1.53.